The number of methoxy groups -OCH3 is 7. The highest BCUT2D eigenvalue weighted by Crippen LogP contribution is 2.36. The molecule has 18 heteroatoms. The van der Waals surface area contributed by atoms with Crippen molar-refractivity contribution < 1.29 is 52.4 Å². The Morgan fingerprint density at radius 3 is 1.94 bits per heavy atom. The van der Waals surface area contributed by atoms with Crippen molar-refractivity contribution in [2.45, 2.75) is 0 Å². The number of rotatable bonds is 11. The van der Waals surface area contributed by atoms with E-state index in [4.69, 9.17) is 42.9 Å². The monoisotopic (exact) mass is 857 g/mol. The van der Waals surface area contributed by atoms with Crippen LogP contribution in [0.3, 0.4) is 0 Å². The fourth-order valence-corrected chi connectivity index (χ4v) is 6.60. The van der Waals surface area contributed by atoms with E-state index in [0.717, 1.165) is 63.9 Å². The highest BCUT2D eigenvalue weighted by Gasteiger charge is 2.25. The number of imidazole rings is 1. The van der Waals surface area contributed by atoms with Gasteiger partial charge in [-0.2, -0.15) is 4.57 Å². The molecule has 1 fully saturated rings. The minimum atomic E-state index is 0.477. The predicted molar refractivity (Wildman–Crippen MR) is 232 cm³/mol. The van der Waals surface area contributed by atoms with Gasteiger partial charge >= 0.3 is 11.9 Å². The number of anilines is 1. The third-order valence-electron chi connectivity index (χ3n) is 9.78. The number of H-pyrrole nitrogens is 3. The lowest BCUT2D eigenvalue weighted by Crippen LogP contribution is -2.40. The van der Waals surface area contributed by atoms with Gasteiger partial charge < -0.3 is 37.9 Å². The van der Waals surface area contributed by atoms with E-state index >= 15 is 0 Å². The van der Waals surface area contributed by atoms with E-state index in [-0.39, 0.29) is 0 Å². The second-order valence-electron chi connectivity index (χ2n) is 13.5. The van der Waals surface area contributed by atoms with Gasteiger partial charge in [0.05, 0.1) is 111 Å². The summed E-state index contributed by atoms with van der Waals surface area (Å²) < 4.78 is 44.7. The van der Waals surface area contributed by atoms with Crippen LogP contribution in [0.15, 0.2) is 104 Å². The molecule has 1 aliphatic heterocycles. The lowest BCUT2D eigenvalue weighted by molar-refractivity contribution is -0.602. The highest BCUT2D eigenvalue weighted by molar-refractivity contribution is 5.88. The molecule has 324 valence electrons. The minimum Gasteiger partial charge on any atom is -0.497 e. The van der Waals surface area contributed by atoms with Gasteiger partial charge in [0.1, 0.15) is 17.0 Å². The van der Waals surface area contributed by atoms with Gasteiger partial charge in [-0.25, -0.2) is 15.0 Å². The number of aromatic nitrogens is 9. The van der Waals surface area contributed by atoms with E-state index < -0.39 is 0 Å². The summed E-state index contributed by atoms with van der Waals surface area (Å²) in [5.41, 5.74) is 4.87. The van der Waals surface area contributed by atoms with Crippen LogP contribution in [0.25, 0.3) is 50.5 Å². The lowest BCUT2D eigenvalue weighted by Gasteiger charge is -2.21. The number of pyridine rings is 3. The first-order valence-electron chi connectivity index (χ1n) is 19.7. The third-order valence-corrected chi connectivity index (χ3v) is 9.78. The summed E-state index contributed by atoms with van der Waals surface area (Å²) in [7, 11) is 11.2. The van der Waals surface area contributed by atoms with E-state index in [1.807, 2.05) is 73.1 Å². The van der Waals surface area contributed by atoms with E-state index in [1.54, 1.807) is 85.2 Å². The second-order valence-corrected chi connectivity index (χ2v) is 13.5. The Balaban J connectivity index is 0.000000142. The fraction of sp³-hybridized carbons (Fsp3) is 0.244. The third kappa shape index (κ3) is 10.0. The first-order valence-corrected chi connectivity index (χ1v) is 19.7. The summed E-state index contributed by atoms with van der Waals surface area (Å²) in [6, 6.07) is 22.7. The van der Waals surface area contributed by atoms with Crippen LogP contribution in [0.4, 0.5) is 5.95 Å². The summed E-state index contributed by atoms with van der Waals surface area (Å²) in [6.45, 7) is 2.99. The summed E-state index contributed by atoms with van der Waals surface area (Å²) in [5.74, 6) is 5.65. The normalized spacial score (nSPS) is 12.0. The van der Waals surface area contributed by atoms with Crippen LogP contribution >= 0.6 is 0 Å². The van der Waals surface area contributed by atoms with Gasteiger partial charge in [-0.05, 0) is 18.2 Å². The molecule has 0 radical (unpaired) electrons. The zero-order valence-electron chi connectivity index (χ0n) is 36.0. The van der Waals surface area contributed by atoms with Crippen molar-refractivity contribution in [3.8, 4) is 69.2 Å². The number of nitrogens with zero attached hydrogens (tertiary/aromatic N) is 7. The molecule has 2 aromatic carbocycles. The van der Waals surface area contributed by atoms with Crippen molar-refractivity contribution in [2.75, 3.05) is 81.0 Å². The highest BCUT2D eigenvalue weighted by atomic mass is 16.5. The van der Waals surface area contributed by atoms with Crippen LogP contribution < -0.4 is 52.6 Å². The van der Waals surface area contributed by atoms with Crippen molar-refractivity contribution in [3.05, 3.63) is 104 Å². The maximum atomic E-state index is 5.48. The molecule has 0 bridgehead atoms. The second kappa shape index (κ2) is 20.6. The zero-order chi connectivity index (χ0) is 44.1. The number of aromatic amines is 3. The van der Waals surface area contributed by atoms with Crippen LogP contribution in [0.1, 0.15) is 0 Å². The SMILES string of the molecule is COc1cc(-c2ccccn2)nc(-c2cccc[nH+]2)c1.COc1cc2nc(-[n+]3cc[nH]c3)nc(OC)c2cc1OC.COc1cc2nc(N3CCOCC3)[nH+]c(OC)c2cc1OC. The van der Waals surface area contributed by atoms with Crippen molar-refractivity contribution in [3.63, 3.8) is 0 Å². The van der Waals surface area contributed by atoms with Crippen LogP contribution in [0, 0.1) is 0 Å². The quantitative estimate of drug-likeness (QED) is 0.175. The molecular formula is C45H49N10O8+3. The summed E-state index contributed by atoms with van der Waals surface area (Å²) in [6.07, 6.45) is 8.99. The van der Waals surface area contributed by atoms with Gasteiger partial charge in [0.15, 0.2) is 41.0 Å². The Hall–Kier alpha value is -7.86. The fourth-order valence-electron chi connectivity index (χ4n) is 6.60. The molecule has 0 amide bonds. The summed E-state index contributed by atoms with van der Waals surface area (Å²) >= 11 is 0. The average Bonchev–Trinajstić information content (AvgIpc) is 3.91. The molecule has 63 heavy (non-hydrogen) atoms. The molecule has 0 spiro atoms. The molecule has 3 N–H and O–H groups in total. The smallest absolute Gasteiger partial charge is 0.395 e. The zero-order valence-corrected chi connectivity index (χ0v) is 36.0. The largest absolute Gasteiger partial charge is 0.497 e. The Morgan fingerprint density at radius 1 is 0.651 bits per heavy atom. The molecule has 1 saturated heterocycles. The standard InChI is InChI=1S/C16H13N3O.C15H19N3O4.C14H14N4O3/c1-20-12-10-15(13-6-2-4-8-17-13)19-16(11-12)14-7-3-5-9-18-14;1-19-12-8-10-11(9-13(12)20-2)16-15(17-14(10)21-3)18-4-6-22-7-5-18;1-19-11-6-9-10(7-12(11)20-2)16-14(17-13(9)21-3)18-5-4-15-8-18/h2-11H,1H3;8-9H,4-7H2,1-3H3;4-8H,1-3H3/p+3. The van der Waals surface area contributed by atoms with Gasteiger partial charge in [-0.1, -0.05) is 16.0 Å². The van der Waals surface area contributed by atoms with Crippen molar-refractivity contribution in [1.29, 1.82) is 0 Å². The van der Waals surface area contributed by atoms with Gasteiger partial charge in [-0.3, -0.25) is 14.9 Å². The Labute approximate surface area is 363 Å². The van der Waals surface area contributed by atoms with Crippen LogP contribution in [0.2, 0.25) is 0 Å². The van der Waals surface area contributed by atoms with Crippen molar-refractivity contribution in [2.24, 2.45) is 0 Å². The first kappa shape index (κ1) is 43.2. The van der Waals surface area contributed by atoms with Gasteiger partial charge in [-0.15, -0.1) is 4.98 Å². The lowest BCUT2D eigenvalue weighted by atomic mass is 10.2. The maximum Gasteiger partial charge on any atom is 0.395 e. The predicted octanol–water partition coefficient (Wildman–Crippen LogP) is 4.81. The first-order chi connectivity index (χ1) is 30.9. The molecule has 1 aliphatic rings. The van der Waals surface area contributed by atoms with E-state index in [9.17, 15) is 0 Å². The maximum absolute atomic E-state index is 5.48. The van der Waals surface area contributed by atoms with Crippen LogP contribution in [-0.4, -0.2) is 106 Å². The minimum absolute atomic E-state index is 0.477. The van der Waals surface area contributed by atoms with Crippen LogP contribution in [-0.2, 0) is 4.74 Å². The molecule has 8 aromatic rings. The average molecular weight is 858 g/mol. The van der Waals surface area contributed by atoms with Crippen LogP contribution in [0.5, 0.6) is 40.5 Å². The molecule has 0 unspecified atom stereocenters. The number of benzene rings is 2. The van der Waals surface area contributed by atoms with E-state index in [2.05, 4.69) is 39.8 Å². The van der Waals surface area contributed by atoms with Gasteiger partial charge in [0.2, 0.25) is 5.69 Å². The molecule has 0 saturated carbocycles. The number of nitrogens with one attached hydrogen (secondary N) is 3. The summed E-state index contributed by atoms with van der Waals surface area (Å²) in [5, 5.41) is 1.60. The number of morpholine rings is 1. The number of hydrogen-bond donors (Lipinski definition) is 1. The number of fused-ring (bicyclic) bond motifs is 2. The topological polar surface area (TPSA) is 189 Å². The molecule has 0 aliphatic carbocycles. The molecule has 7 heterocycles. The molecule has 0 atom stereocenters. The van der Waals surface area contributed by atoms with E-state index in [1.165, 1.54) is 0 Å². The molecule has 9 rings (SSSR count). The van der Waals surface area contributed by atoms with Gasteiger partial charge in [0.25, 0.3) is 11.8 Å². The Morgan fingerprint density at radius 2 is 1.33 bits per heavy atom. The molecule has 18 nitrogen and oxygen atoms in total. The number of hydrogen-bond acceptors (Lipinski definition) is 14. The number of ether oxygens (including phenoxy) is 8. The van der Waals surface area contributed by atoms with E-state index in [0.29, 0.717) is 59.4 Å². The van der Waals surface area contributed by atoms with Gasteiger partial charge in [0, 0.05) is 54.7 Å². The van der Waals surface area contributed by atoms with Crippen molar-refractivity contribution in [1.82, 2.24) is 29.9 Å². The van der Waals surface area contributed by atoms with Crippen molar-refractivity contribution >= 4 is 27.8 Å². The molecule has 6 aromatic heterocycles. The molecular weight excluding hydrogens is 809 g/mol. The Bertz CT molecular complexity index is 2680. The summed E-state index contributed by atoms with van der Waals surface area (Å²) in [4.78, 5) is 34.1. The Kier molecular flexibility index (Phi) is 14.1.